The number of fused-ring (bicyclic) bond motifs is 2. The molecule has 0 radical (unpaired) electrons. The number of para-hydroxylation sites is 1. The Hall–Kier alpha value is -4.55. The van der Waals surface area contributed by atoms with Crippen LogP contribution >= 0.6 is 0 Å². The molecule has 0 saturated carbocycles. The molecule has 0 spiro atoms. The van der Waals surface area contributed by atoms with Crippen molar-refractivity contribution in [2.75, 3.05) is 26.1 Å². The number of halogens is 2. The van der Waals surface area contributed by atoms with Gasteiger partial charge in [-0.2, -0.15) is 5.10 Å². The molecule has 2 aromatic carbocycles. The Bertz CT molecular complexity index is 2070. The summed E-state index contributed by atoms with van der Waals surface area (Å²) in [6, 6.07) is 11.8. The van der Waals surface area contributed by atoms with Crippen LogP contribution in [0.5, 0.6) is 0 Å². The van der Waals surface area contributed by atoms with E-state index in [1.807, 2.05) is 31.1 Å². The van der Waals surface area contributed by atoms with E-state index in [0.717, 1.165) is 11.8 Å². The van der Waals surface area contributed by atoms with Gasteiger partial charge in [-0.1, -0.05) is 18.2 Å². The van der Waals surface area contributed by atoms with Crippen LogP contribution < -0.4 is 0 Å². The van der Waals surface area contributed by atoms with Crippen molar-refractivity contribution in [1.82, 2.24) is 35.0 Å². The van der Waals surface area contributed by atoms with Crippen LogP contribution in [0.4, 0.5) is 8.78 Å². The highest BCUT2D eigenvalue weighted by molar-refractivity contribution is 7.90. The maximum Gasteiger partial charge on any atom is 0.161 e. The lowest BCUT2D eigenvalue weighted by Crippen LogP contribution is -2.10. The Balaban J connectivity index is 1.43. The number of pyridine rings is 2. The van der Waals surface area contributed by atoms with Gasteiger partial charge in [-0.05, 0) is 61.5 Å². The summed E-state index contributed by atoms with van der Waals surface area (Å²) in [7, 11) is 0.681. The fourth-order valence-electron chi connectivity index (χ4n) is 5.05. The van der Waals surface area contributed by atoms with Crippen LogP contribution in [0.3, 0.4) is 0 Å². The Kier molecular flexibility index (Phi) is 7.03. The molecule has 0 aliphatic rings. The second kappa shape index (κ2) is 10.7. The highest BCUT2D eigenvalue weighted by Gasteiger charge is 2.21. The molecule has 0 bridgehead atoms. The molecule has 42 heavy (non-hydrogen) atoms. The molecular formula is C30H27F2N7O2S. The molecule has 214 valence electrons. The zero-order chi connectivity index (χ0) is 29.6. The molecule has 4 aromatic heterocycles. The number of nitrogens with one attached hydrogen (secondary N) is 2. The zero-order valence-corrected chi connectivity index (χ0v) is 23.9. The average Bonchev–Trinajstić information content (AvgIpc) is 3.56. The molecule has 6 rings (SSSR count). The molecule has 0 amide bonds. The van der Waals surface area contributed by atoms with Gasteiger partial charge in [-0.3, -0.25) is 15.1 Å². The number of benzene rings is 2. The van der Waals surface area contributed by atoms with Gasteiger partial charge in [0.25, 0.3) is 0 Å². The molecular weight excluding hydrogens is 560 g/mol. The van der Waals surface area contributed by atoms with E-state index in [0.29, 0.717) is 51.2 Å². The minimum Gasteiger partial charge on any atom is -0.337 e. The lowest BCUT2D eigenvalue weighted by molar-refractivity contribution is 0.402. The third kappa shape index (κ3) is 5.50. The summed E-state index contributed by atoms with van der Waals surface area (Å²) in [4.78, 5) is 18.6. The lowest BCUT2D eigenvalue weighted by atomic mass is 10.0. The Morgan fingerprint density at radius 3 is 2.52 bits per heavy atom. The van der Waals surface area contributed by atoms with E-state index in [2.05, 4.69) is 25.1 Å². The SMILES string of the molecule is CN(C)Cc1cncc(-c2ncc3[nH]nc(-c4nc5c(-c6cc(F)cc(CCS(C)(=O)=O)c6)cccc5[nH]4)c3c2F)c1. The molecule has 12 heteroatoms. The van der Waals surface area contributed by atoms with Crippen molar-refractivity contribution < 1.29 is 17.2 Å². The monoisotopic (exact) mass is 587 g/mol. The minimum absolute atomic E-state index is 0.0860. The summed E-state index contributed by atoms with van der Waals surface area (Å²) >= 11 is 0. The van der Waals surface area contributed by atoms with Gasteiger partial charge in [0.2, 0.25) is 0 Å². The fraction of sp³-hybridized carbons (Fsp3) is 0.200. The molecule has 0 unspecified atom stereocenters. The van der Waals surface area contributed by atoms with E-state index in [9.17, 15) is 12.8 Å². The summed E-state index contributed by atoms with van der Waals surface area (Å²) in [6.45, 7) is 0.646. The smallest absolute Gasteiger partial charge is 0.161 e. The van der Waals surface area contributed by atoms with Gasteiger partial charge in [0.15, 0.2) is 11.6 Å². The highest BCUT2D eigenvalue weighted by Crippen LogP contribution is 2.35. The molecule has 4 heterocycles. The van der Waals surface area contributed by atoms with Crippen molar-refractivity contribution in [2.24, 2.45) is 0 Å². The number of hydrogen-bond donors (Lipinski definition) is 2. The quantitative estimate of drug-likeness (QED) is 0.252. The van der Waals surface area contributed by atoms with Gasteiger partial charge < -0.3 is 9.88 Å². The van der Waals surface area contributed by atoms with Gasteiger partial charge >= 0.3 is 0 Å². The van der Waals surface area contributed by atoms with Crippen LogP contribution in [0.25, 0.3) is 55.8 Å². The van der Waals surface area contributed by atoms with Crippen molar-refractivity contribution in [3.63, 3.8) is 0 Å². The largest absolute Gasteiger partial charge is 0.337 e. The summed E-state index contributed by atoms with van der Waals surface area (Å²) in [6.07, 6.45) is 6.18. The molecule has 6 aromatic rings. The Morgan fingerprint density at radius 2 is 1.74 bits per heavy atom. The second-order valence-corrected chi connectivity index (χ2v) is 12.9. The normalized spacial score (nSPS) is 12.1. The predicted octanol–water partition coefficient (Wildman–Crippen LogP) is 5.16. The van der Waals surface area contributed by atoms with Crippen LogP contribution in [0.1, 0.15) is 11.1 Å². The summed E-state index contributed by atoms with van der Waals surface area (Å²) < 4.78 is 54.0. The maximum absolute atomic E-state index is 16.1. The number of aryl methyl sites for hydroxylation is 1. The average molecular weight is 588 g/mol. The van der Waals surface area contributed by atoms with Crippen molar-refractivity contribution in [3.05, 3.63) is 83.8 Å². The molecule has 0 fully saturated rings. The lowest BCUT2D eigenvalue weighted by Gasteiger charge is -2.10. The van der Waals surface area contributed by atoms with Crippen molar-refractivity contribution >= 4 is 31.8 Å². The fourth-order valence-corrected chi connectivity index (χ4v) is 5.65. The highest BCUT2D eigenvalue weighted by atomic mass is 32.2. The van der Waals surface area contributed by atoms with E-state index in [1.165, 1.54) is 18.3 Å². The number of aromatic amines is 2. The van der Waals surface area contributed by atoms with Gasteiger partial charge in [0.1, 0.15) is 27.0 Å². The first-order valence-corrected chi connectivity index (χ1v) is 15.2. The van der Waals surface area contributed by atoms with Crippen LogP contribution in [-0.4, -0.2) is 69.6 Å². The van der Waals surface area contributed by atoms with Gasteiger partial charge in [-0.25, -0.2) is 22.2 Å². The van der Waals surface area contributed by atoms with Gasteiger partial charge in [0, 0.05) is 36.3 Å². The first-order chi connectivity index (χ1) is 20.1. The molecule has 0 atom stereocenters. The maximum atomic E-state index is 16.1. The molecule has 0 aliphatic heterocycles. The van der Waals surface area contributed by atoms with Crippen LogP contribution in [0.15, 0.2) is 61.1 Å². The van der Waals surface area contributed by atoms with Gasteiger partial charge in [-0.15, -0.1) is 0 Å². The van der Waals surface area contributed by atoms with Crippen LogP contribution in [-0.2, 0) is 22.8 Å². The van der Waals surface area contributed by atoms with E-state index in [-0.39, 0.29) is 28.9 Å². The third-order valence-corrected chi connectivity index (χ3v) is 7.82. The van der Waals surface area contributed by atoms with E-state index >= 15 is 4.39 Å². The summed E-state index contributed by atoms with van der Waals surface area (Å²) in [5, 5.41) is 7.42. The van der Waals surface area contributed by atoms with Crippen LogP contribution in [0.2, 0.25) is 0 Å². The van der Waals surface area contributed by atoms with E-state index in [1.54, 1.807) is 30.6 Å². The van der Waals surface area contributed by atoms with E-state index in [4.69, 9.17) is 4.98 Å². The molecule has 9 nitrogen and oxygen atoms in total. The summed E-state index contributed by atoms with van der Waals surface area (Å²) in [5.41, 5.74) is 5.25. The van der Waals surface area contributed by atoms with Gasteiger partial charge in [0.05, 0.1) is 33.9 Å². The number of imidazole rings is 1. The van der Waals surface area contributed by atoms with Crippen molar-refractivity contribution in [2.45, 2.75) is 13.0 Å². The van der Waals surface area contributed by atoms with Crippen LogP contribution in [0, 0.1) is 11.6 Å². The Labute approximate surface area is 240 Å². The molecule has 0 saturated heterocycles. The number of aromatic nitrogens is 6. The van der Waals surface area contributed by atoms with Crippen molar-refractivity contribution in [3.8, 4) is 33.9 Å². The van der Waals surface area contributed by atoms with Crippen molar-refractivity contribution in [1.29, 1.82) is 0 Å². The first kappa shape index (κ1) is 27.6. The molecule has 2 N–H and O–H groups in total. The number of hydrogen-bond acceptors (Lipinski definition) is 7. The first-order valence-electron chi connectivity index (χ1n) is 13.1. The second-order valence-electron chi connectivity index (χ2n) is 10.6. The van der Waals surface area contributed by atoms with E-state index < -0.39 is 21.5 Å². The minimum atomic E-state index is -3.21. The standard InChI is InChI=1S/C30H27F2N7O2S/c1-39(2)16-18-10-20(14-33-13-18)27-26(32)25-24(15-34-27)37-38-29(25)30-35-23-6-4-5-22(28(23)36-30)19-9-17(11-21(31)12-19)7-8-42(3,40)41/h4-6,9-15H,7-8,16H2,1-3H3,(H,35,36)(H,37,38). The third-order valence-electron chi connectivity index (χ3n) is 6.88. The number of sulfone groups is 1. The Morgan fingerprint density at radius 1 is 0.929 bits per heavy atom. The summed E-state index contributed by atoms with van der Waals surface area (Å²) in [5.74, 6) is -0.792. The number of rotatable bonds is 8. The molecule has 0 aliphatic carbocycles. The number of nitrogens with zero attached hydrogens (tertiary/aromatic N) is 5. The zero-order valence-electron chi connectivity index (χ0n) is 23.1. The predicted molar refractivity (Wildman–Crippen MR) is 158 cm³/mol. The number of H-pyrrole nitrogens is 2. The topological polar surface area (TPSA) is 121 Å².